The summed E-state index contributed by atoms with van der Waals surface area (Å²) < 4.78 is 9.18. The number of esters is 2. The first-order valence-electron chi connectivity index (χ1n) is 6.80. The maximum Gasteiger partial charge on any atom is 0.337 e. The van der Waals surface area contributed by atoms with Gasteiger partial charge in [0.15, 0.2) is 0 Å². The van der Waals surface area contributed by atoms with Gasteiger partial charge < -0.3 is 14.3 Å². The quantitative estimate of drug-likeness (QED) is 0.542. The zero-order chi connectivity index (χ0) is 15.7. The molecule has 0 fully saturated rings. The third-order valence-electron chi connectivity index (χ3n) is 3.25. The van der Waals surface area contributed by atoms with Gasteiger partial charge in [-0.2, -0.15) is 0 Å². The number of ether oxygens (including phenoxy) is 2. The molecule has 5 heteroatoms. The van der Waals surface area contributed by atoms with Crippen molar-refractivity contribution >= 4 is 18.2 Å². The van der Waals surface area contributed by atoms with Crippen LogP contribution in [0.5, 0.6) is 0 Å². The number of hydrogen-bond donors (Lipinski definition) is 0. The fraction of sp³-hybridized carbons (Fsp3) is 0.438. The van der Waals surface area contributed by atoms with Gasteiger partial charge in [0.2, 0.25) is 0 Å². The van der Waals surface area contributed by atoms with E-state index in [0.717, 1.165) is 11.8 Å². The Morgan fingerprint density at radius 2 is 1.81 bits per heavy atom. The van der Waals surface area contributed by atoms with Crippen molar-refractivity contribution in [3.63, 3.8) is 0 Å². The van der Waals surface area contributed by atoms with E-state index in [1.807, 2.05) is 12.1 Å². The van der Waals surface area contributed by atoms with Crippen LogP contribution in [0.4, 0.5) is 0 Å². The molecule has 5 nitrogen and oxygen atoms in total. The first kappa shape index (κ1) is 16.9. The normalized spacial score (nSPS) is 11.5. The molecular weight excluding hydrogens is 272 g/mol. The molecule has 1 aromatic carbocycles. The molecule has 0 spiro atoms. The van der Waals surface area contributed by atoms with Gasteiger partial charge in [0.1, 0.15) is 6.29 Å². The summed E-state index contributed by atoms with van der Waals surface area (Å²) >= 11 is 0. The van der Waals surface area contributed by atoms with Crippen LogP contribution in [0.3, 0.4) is 0 Å². The van der Waals surface area contributed by atoms with E-state index >= 15 is 0 Å². The third-order valence-corrected chi connectivity index (χ3v) is 3.25. The molecule has 21 heavy (non-hydrogen) atoms. The molecule has 1 aromatic rings. The van der Waals surface area contributed by atoms with Crippen molar-refractivity contribution in [1.82, 2.24) is 0 Å². The lowest BCUT2D eigenvalue weighted by Crippen LogP contribution is -2.08. The first-order chi connectivity index (χ1) is 10.1. The van der Waals surface area contributed by atoms with Crippen molar-refractivity contribution in [2.75, 3.05) is 14.2 Å². The number of aldehydes is 1. The van der Waals surface area contributed by atoms with Crippen LogP contribution in [0.15, 0.2) is 24.3 Å². The highest BCUT2D eigenvalue weighted by molar-refractivity contribution is 5.89. The van der Waals surface area contributed by atoms with Crippen LogP contribution in [-0.4, -0.2) is 32.4 Å². The number of carbonyl (C=O) groups is 3. The molecule has 0 saturated carbocycles. The fourth-order valence-electron chi connectivity index (χ4n) is 2.03. The van der Waals surface area contributed by atoms with E-state index in [4.69, 9.17) is 0 Å². The van der Waals surface area contributed by atoms with Crippen LogP contribution in [0.2, 0.25) is 0 Å². The lowest BCUT2D eigenvalue weighted by atomic mass is 9.95. The summed E-state index contributed by atoms with van der Waals surface area (Å²) in [6, 6.07) is 6.97. The van der Waals surface area contributed by atoms with E-state index in [2.05, 4.69) is 9.47 Å². The summed E-state index contributed by atoms with van der Waals surface area (Å²) in [7, 11) is 2.68. The van der Waals surface area contributed by atoms with Crippen molar-refractivity contribution in [2.24, 2.45) is 5.92 Å². The second kappa shape index (κ2) is 8.89. The molecule has 0 aromatic heterocycles. The van der Waals surface area contributed by atoms with E-state index in [1.54, 1.807) is 12.1 Å². The molecule has 0 saturated heterocycles. The Morgan fingerprint density at radius 1 is 1.14 bits per heavy atom. The van der Waals surface area contributed by atoms with E-state index in [-0.39, 0.29) is 17.9 Å². The molecule has 0 aliphatic carbocycles. The molecule has 1 unspecified atom stereocenters. The molecule has 0 aliphatic rings. The van der Waals surface area contributed by atoms with E-state index in [1.165, 1.54) is 14.2 Å². The zero-order valence-electron chi connectivity index (χ0n) is 12.3. The van der Waals surface area contributed by atoms with Gasteiger partial charge in [0.25, 0.3) is 0 Å². The summed E-state index contributed by atoms with van der Waals surface area (Å²) in [5.41, 5.74) is 1.45. The summed E-state index contributed by atoms with van der Waals surface area (Å²) in [5, 5.41) is 0. The number of benzene rings is 1. The van der Waals surface area contributed by atoms with Crippen LogP contribution in [-0.2, 0) is 25.5 Å². The second-order valence-corrected chi connectivity index (χ2v) is 4.76. The molecule has 0 radical (unpaired) electrons. The molecule has 1 rings (SSSR count). The summed E-state index contributed by atoms with van der Waals surface area (Å²) in [4.78, 5) is 33.4. The predicted molar refractivity (Wildman–Crippen MR) is 76.9 cm³/mol. The van der Waals surface area contributed by atoms with E-state index in [9.17, 15) is 14.4 Å². The summed E-state index contributed by atoms with van der Waals surface area (Å²) in [6.07, 6.45) is 3.08. The van der Waals surface area contributed by atoms with Crippen molar-refractivity contribution in [1.29, 1.82) is 0 Å². The molecule has 0 amide bonds. The number of carbonyl (C=O) groups excluding carboxylic acids is 3. The lowest BCUT2D eigenvalue weighted by molar-refractivity contribution is -0.140. The highest BCUT2D eigenvalue weighted by Crippen LogP contribution is 2.15. The van der Waals surface area contributed by atoms with Gasteiger partial charge in [-0.3, -0.25) is 4.79 Å². The van der Waals surface area contributed by atoms with Gasteiger partial charge in [0, 0.05) is 12.3 Å². The molecule has 0 bridgehead atoms. The lowest BCUT2D eigenvalue weighted by Gasteiger charge is -2.10. The highest BCUT2D eigenvalue weighted by Gasteiger charge is 2.11. The van der Waals surface area contributed by atoms with Gasteiger partial charge in [0.05, 0.1) is 19.8 Å². The van der Waals surface area contributed by atoms with Crippen molar-refractivity contribution in [3.8, 4) is 0 Å². The Labute approximate surface area is 124 Å². The van der Waals surface area contributed by atoms with Gasteiger partial charge in [-0.25, -0.2) is 4.79 Å². The van der Waals surface area contributed by atoms with Crippen LogP contribution in [0, 0.1) is 5.92 Å². The first-order valence-corrected chi connectivity index (χ1v) is 6.80. The Bertz CT molecular complexity index is 478. The van der Waals surface area contributed by atoms with Crippen LogP contribution >= 0.6 is 0 Å². The molecule has 0 heterocycles. The van der Waals surface area contributed by atoms with Gasteiger partial charge in [-0.1, -0.05) is 12.1 Å². The topological polar surface area (TPSA) is 69.7 Å². The summed E-state index contributed by atoms with van der Waals surface area (Å²) in [5.74, 6) is -0.785. The van der Waals surface area contributed by atoms with Crippen LogP contribution in [0.1, 0.15) is 35.2 Å². The fourth-order valence-corrected chi connectivity index (χ4v) is 2.03. The van der Waals surface area contributed by atoms with Crippen LogP contribution in [0.25, 0.3) is 0 Å². The van der Waals surface area contributed by atoms with Crippen molar-refractivity contribution in [3.05, 3.63) is 35.4 Å². The minimum Gasteiger partial charge on any atom is -0.469 e. The molecular formula is C16H20O5. The third kappa shape index (κ3) is 5.77. The minimum atomic E-state index is -0.383. The number of methoxy groups -OCH3 is 2. The van der Waals surface area contributed by atoms with E-state index < -0.39 is 0 Å². The van der Waals surface area contributed by atoms with Crippen LogP contribution < -0.4 is 0 Å². The minimum absolute atomic E-state index is 0.140. The predicted octanol–water partition coefficient (Wildman–Crippen LogP) is 2.17. The Balaban J connectivity index is 2.51. The van der Waals surface area contributed by atoms with Gasteiger partial charge in [-0.15, -0.1) is 0 Å². The maximum atomic E-state index is 11.3. The van der Waals surface area contributed by atoms with E-state index in [0.29, 0.717) is 31.2 Å². The molecule has 114 valence electrons. The molecule has 0 N–H and O–H groups in total. The molecule has 0 aliphatic heterocycles. The Kier molecular flexibility index (Phi) is 7.15. The Hall–Kier alpha value is -2.17. The van der Waals surface area contributed by atoms with Gasteiger partial charge in [-0.05, 0) is 37.0 Å². The average Bonchev–Trinajstić information content (AvgIpc) is 2.53. The van der Waals surface area contributed by atoms with Crippen molar-refractivity contribution in [2.45, 2.75) is 25.7 Å². The summed E-state index contributed by atoms with van der Waals surface area (Å²) in [6.45, 7) is 0. The molecule has 1 atom stereocenters. The SMILES string of the molecule is COC(=O)CCCC(C=O)Cc1ccc(C(=O)OC)cc1. The number of rotatable bonds is 8. The zero-order valence-corrected chi connectivity index (χ0v) is 12.3. The second-order valence-electron chi connectivity index (χ2n) is 4.76. The monoisotopic (exact) mass is 292 g/mol. The smallest absolute Gasteiger partial charge is 0.337 e. The maximum absolute atomic E-state index is 11.3. The standard InChI is InChI=1S/C16H20O5/c1-20-15(18)5-3-4-13(11-17)10-12-6-8-14(9-7-12)16(19)21-2/h6-9,11,13H,3-5,10H2,1-2H3. The Morgan fingerprint density at radius 3 is 2.33 bits per heavy atom. The highest BCUT2D eigenvalue weighted by atomic mass is 16.5. The number of hydrogen-bond acceptors (Lipinski definition) is 5. The van der Waals surface area contributed by atoms with Gasteiger partial charge >= 0.3 is 11.9 Å². The van der Waals surface area contributed by atoms with Crippen molar-refractivity contribution < 1.29 is 23.9 Å². The average molecular weight is 292 g/mol. The largest absolute Gasteiger partial charge is 0.469 e.